The van der Waals surface area contributed by atoms with Crippen LogP contribution < -0.4 is 5.32 Å². The van der Waals surface area contributed by atoms with Crippen LogP contribution in [0, 0.1) is 17.0 Å². The number of nitro benzene ring substituents is 1. The van der Waals surface area contributed by atoms with Crippen LogP contribution in [-0.2, 0) is 14.9 Å². The molecule has 0 fully saturated rings. The molecule has 0 aliphatic rings. The maximum absolute atomic E-state index is 13.1. The Hall–Kier alpha value is -4.00. The number of carbonyl (C=O) groups is 2. The minimum Gasteiger partial charge on any atom is -0.444 e. The Morgan fingerprint density at radius 3 is 2.18 bits per heavy atom. The third kappa shape index (κ3) is 5.83. The molecule has 1 N–H and O–H groups in total. The SMILES string of the molecule is Cc1ccc(NC(=O)C(OC(=O)c2ccc(C(C)(C)C)cc2)c2ccccc2)c([N+](=O)[O-])c1. The number of benzene rings is 3. The van der Waals surface area contributed by atoms with Crippen molar-refractivity contribution < 1.29 is 19.2 Å². The van der Waals surface area contributed by atoms with E-state index < -0.39 is 22.9 Å². The van der Waals surface area contributed by atoms with Gasteiger partial charge in [-0.1, -0.05) is 69.3 Å². The van der Waals surface area contributed by atoms with E-state index in [2.05, 4.69) is 26.1 Å². The number of aryl methyl sites for hydroxylation is 1. The average Bonchev–Trinajstić information content (AvgIpc) is 2.78. The van der Waals surface area contributed by atoms with Gasteiger partial charge < -0.3 is 10.1 Å². The predicted octanol–water partition coefficient (Wildman–Crippen LogP) is 5.74. The van der Waals surface area contributed by atoms with Crippen LogP contribution in [0.2, 0.25) is 0 Å². The van der Waals surface area contributed by atoms with Crippen molar-refractivity contribution in [3.05, 3.63) is 105 Å². The lowest BCUT2D eigenvalue weighted by molar-refractivity contribution is -0.384. The number of nitrogens with one attached hydrogen (secondary N) is 1. The zero-order valence-electron chi connectivity index (χ0n) is 19.0. The van der Waals surface area contributed by atoms with Crippen LogP contribution >= 0.6 is 0 Å². The van der Waals surface area contributed by atoms with E-state index in [1.54, 1.807) is 55.5 Å². The molecule has 3 rings (SSSR count). The minimum atomic E-state index is -1.29. The summed E-state index contributed by atoms with van der Waals surface area (Å²) in [5.41, 5.74) is 2.22. The van der Waals surface area contributed by atoms with E-state index in [0.29, 0.717) is 16.7 Å². The van der Waals surface area contributed by atoms with Gasteiger partial charge in [0.2, 0.25) is 6.10 Å². The summed E-state index contributed by atoms with van der Waals surface area (Å²) in [6.07, 6.45) is -1.29. The molecule has 0 heterocycles. The van der Waals surface area contributed by atoms with Crippen molar-refractivity contribution in [3.63, 3.8) is 0 Å². The first-order valence-corrected chi connectivity index (χ1v) is 10.5. The van der Waals surface area contributed by atoms with Crippen molar-refractivity contribution >= 4 is 23.3 Å². The molecule has 0 spiro atoms. The number of amides is 1. The van der Waals surface area contributed by atoms with Crippen LogP contribution in [0.25, 0.3) is 0 Å². The van der Waals surface area contributed by atoms with Gasteiger partial charge in [-0.2, -0.15) is 0 Å². The Balaban J connectivity index is 1.88. The molecule has 7 heteroatoms. The lowest BCUT2D eigenvalue weighted by Crippen LogP contribution is -2.26. The summed E-state index contributed by atoms with van der Waals surface area (Å²) in [6, 6.07) is 20.0. The molecule has 33 heavy (non-hydrogen) atoms. The highest BCUT2D eigenvalue weighted by molar-refractivity contribution is 5.99. The van der Waals surface area contributed by atoms with Crippen molar-refractivity contribution in [3.8, 4) is 0 Å². The van der Waals surface area contributed by atoms with Crippen molar-refractivity contribution in [2.24, 2.45) is 0 Å². The Labute approximate surface area is 192 Å². The topological polar surface area (TPSA) is 98.5 Å². The number of carbonyl (C=O) groups excluding carboxylic acids is 2. The maximum atomic E-state index is 13.1. The molecule has 0 bridgehead atoms. The van der Waals surface area contributed by atoms with E-state index in [4.69, 9.17) is 4.74 Å². The molecule has 7 nitrogen and oxygen atoms in total. The highest BCUT2D eigenvalue weighted by atomic mass is 16.6. The minimum absolute atomic E-state index is 0.0297. The molecular formula is C26H26N2O5. The van der Waals surface area contributed by atoms with E-state index in [1.807, 2.05) is 12.1 Å². The van der Waals surface area contributed by atoms with Gasteiger partial charge in [0.25, 0.3) is 11.6 Å². The highest BCUT2D eigenvalue weighted by Gasteiger charge is 2.28. The number of hydrogen-bond donors (Lipinski definition) is 1. The van der Waals surface area contributed by atoms with Gasteiger partial charge in [0.15, 0.2) is 0 Å². The molecule has 0 aliphatic heterocycles. The number of hydrogen-bond acceptors (Lipinski definition) is 5. The lowest BCUT2D eigenvalue weighted by atomic mass is 9.87. The number of esters is 1. The van der Waals surface area contributed by atoms with E-state index in [0.717, 1.165) is 5.56 Å². The van der Waals surface area contributed by atoms with Gasteiger partial charge in [-0.3, -0.25) is 14.9 Å². The molecule has 1 amide bonds. The fourth-order valence-corrected chi connectivity index (χ4v) is 3.28. The van der Waals surface area contributed by atoms with Crippen LogP contribution in [0.4, 0.5) is 11.4 Å². The molecule has 0 saturated heterocycles. The maximum Gasteiger partial charge on any atom is 0.339 e. The Morgan fingerprint density at radius 2 is 1.61 bits per heavy atom. The Bertz CT molecular complexity index is 1170. The quantitative estimate of drug-likeness (QED) is 0.296. The summed E-state index contributed by atoms with van der Waals surface area (Å²) in [6.45, 7) is 7.93. The zero-order valence-corrected chi connectivity index (χ0v) is 19.0. The predicted molar refractivity (Wildman–Crippen MR) is 126 cm³/mol. The molecule has 0 aromatic heterocycles. The van der Waals surface area contributed by atoms with E-state index in [-0.39, 0.29) is 16.8 Å². The van der Waals surface area contributed by atoms with Crippen molar-refractivity contribution in [2.45, 2.75) is 39.2 Å². The number of anilines is 1. The van der Waals surface area contributed by atoms with Gasteiger partial charge in [-0.15, -0.1) is 0 Å². The fourth-order valence-electron chi connectivity index (χ4n) is 3.28. The van der Waals surface area contributed by atoms with Gasteiger partial charge >= 0.3 is 5.97 Å². The summed E-state index contributed by atoms with van der Waals surface area (Å²) in [5.74, 6) is -1.36. The lowest BCUT2D eigenvalue weighted by Gasteiger charge is -2.20. The van der Waals surface area contributed by atoms with Gasteiger partial charge in [0.05, 0.1) is 10.5 Å². The fraction of sp³-hybridized carbons (Fsp3) is 0.231. The number of ether oxygens (including phenoxy) is 1. The number of nitro groups is 1. The third-order valence-electron chi connectivity index (χ3n) is 5.16. The summed E-state index contributed by atoms with van der Waals surface area (Å²) >= 11 is 0. The summed E-state index contributed by atoms with van der Waals surface area (Å²) in [7, 11) is 0. The largest absolute Gasteiger partial charge is 0.444 e. The van der Waals surface area contributed by atoms with Gasteiger partial charge in [-0.25, -0.2) is 4.79 Å². The standard InChI is InChI=1S/C26H26N2O5/c1-17-10-15-21(22(16-17)28(31)32)27-24(29)23(18-8-6-5-7-9-18)33-25(30)19-11-13-20(14-12-19)26(2,3)4/h5-16,23H,1-4H3,(H,27,29). The first kappa shape index (κ1) is 23.7. The second-order valence-electron chi connectivity index (χ2n) is 8.79. The van der Waals surface area contributed by atoms with Crippen molar-refractivity contribution in [1.82, 2.24) is 0 Å². The first-order valence-electron chi connectivity index (χ1n) is 10.5. The molecule has 3 aromatic rings. The molecule has 1 atom stereocenters. The monoisotopic (exact) mass is 446 g/mol. The number of nitrogens with zero attached hydrogens (tertiary/aromatic N) is 1. The number of rotatable bonds is 6. The molecular weight excluding hydrogens is 420 g/mol. The first-order chi connectivity index (χ1) is 15.6. The summed E-state index contributed by atoms with van der Waals surface area (Å²) in [5, 5.41) is 14.0. The second-order valence-corrected chi connectivity index (χ2v) is 8.79. The Kier molecular flexibility index (Phi) is 6.92. The summed E-state index contributed by atoms with van der Waals surface area (Å²) in [4.78, 5) is 36.8. The van der Waals surface area contributed by atoms with Crippen molar-refractivity contribution in [1.29, 1.82) is 0 Å². The van der Waals surface area contributed by atoms with Gasteiger partial charge in [0, 0.05) is 11.6 Å². The van der Waals surface area contributed by atoms with Crippen LogP contribution in [0.5, 0.6) is 0 Å². The normalized spacial score (nSPS) is 12.0. The third-order valence-corrected chi connectivity index (χ3v) is 5.16. The Morgan fingerprint density at radius 1 is 0.970 bits per heavy atom. The van der Waals surface area contributed by atoms with Crippen LogP contribution in [-0.4, -0.2) is 16.8 Å². The smallest absolute Gasteiger partial charge is 0.339 e. The summed E-state index contributed by atoms with van der Waals surface area (Å²) < 4.78 is 5.59. The molecule has 0 aliphatic carbocycles. The van der Waals surface area contributed by atoms with Gasteiger partial charge in [0.1, 0.15) is 5.69 Å². The average molecular weight is 447 g/mol. The van der Waals surface area contributed by atoms with Crippen molar-refractivity contribution in [2.75, 3.05) is 5.32 Å². The van der Waals surface area contributed by atoms with E-state index in [1.165, 1.54) is 12.1 Å². The van der Waals surface area contributed by atoms with E-state index in [9.17, 15) is 19.7 Å². The van der Waals surface area contributed by atoms with Crippen LogP contribution in [0.1, 0.15) is 53.9 Å². The van der Waals surface area contributed by atoms with Gasteiger partial charge in [-0.05, 0) is 41.7 Å². The molecule has 3 aromatic carbocycles. The second kappa shape index (κ2) is 9.65. The molecule has 1 unspecified atom stereocenters. The molecule has 0 saturated carbocycles. The zero-order chi connectivity index (χ0) is 24.2. The molecule has 0 radical (unpaired) electrons. The highest BCUT2D eigenvalue weighted by Crippen LogP contribution is 2.28. The van der Waals surface area contributed by atoms with Crippen LogP contribution in [0.3, 0.4) is 0 Å². The van der Waals surface area contributed by atoms with E-state index >= 15 is 0 Å². The van der Waals surface area contributed by atoms with Crippen LogP contribution in [0.15, 0.2) is 72.8 Å². The molecule has 170 valence electrons.